The molecule has 3 rings (SSSR count). The van der Waals surface area contributed by atoms with Crippen LogP contribution in [-0.2, 0) is 16.4 Å². The SMILES string of the molecule is CNc1nn2c(C)cc(CO)nc2c1S(=O)(=O)c1cccc(F)c1. The molecule has 2 heterocycles. The monoisotopic (exact) mass is 350 g/mol. The number of rotatable bonds is 4. The van der Waals surface area contributed by atoms with Gasteiger partial charge in [0.1, 0.15) is 5.82 Å². The van der Waals surface area contributed by atoms with Crippen LogP contribution in [0.2, 0.25) is 0 Å². The molecule has 0 aliphatic rings. The molecule has 2 aromatic heterocycles. The molecule has 9 heteroatoms. The maximum Gasteiger partial charge on any atom is 0.214 e. The first-order chi connectivity index (χ1) is 11.4. The number of benzene rings is 1. The molecule has 0 bridgehead atoms. The van der Waals surface area contributed by atoms with Crippen LogP contribution in [0.15, 0.2) is 40.1 Å². The molecule has 0 aliphatic heterocycles. The number of aromatic nitrogens is 3. The highest BCUT2D eigenvalue weighted by atomic mass is 32.2. The summed E-state index contributed by atoms with van der Waals surface area (Å²) in [4.78, 5) is 3.82. The summed E-state index contributed by atoms with van der Waals surface area (Å²) in [5, 5.41) is 16.3. The maximum atomic E-state index is 13.5. The normalized spacial score (nSPS) is 11.8. The van der Waals surface area contributed by atoms with Gasteiger partial charge in [0.25, 0.3) is 0 Å². The first-order valence-electron chi connectivity index (χ1n) is 7.07. The van der Waals surface area contributed by atoms with Gasteiger partial charge in [-0.25, -0.2) is 22.3 Å². The molecule has 0 atom stereocenters. The molecule has 24 heavy (non-hydrogen) atoms. The van der Waals surface area contributed by atoms with E-state index >= 15 is 0 Å². The van der Waals surface area contributed by atoms with Gasteiger partial charge in [-0.3, -0.25) is 0 Å². The largest absolute Gasteiger partial charge is 0.390 e. The Bertz CT molecular complexity index is 1030. The molecule has 0 fully saturated rings. The average molecular weight is 350 g/mol. The lowest BCUT2D eigenvalue weighted by Gasteiger charge is -2.06. The smallest absolute Gasteiger partial charge is 0.214 e. The molecule has 2 N–H and O–H groups in total. The Morgan fingerprint density at radius 3 is 2.71 bits per heavy atom. The van der Waals surface area contributed by atoms with Crippen molar-refractivity contribution in [3.8, 4) is 0 Å². The minimum Gasteiger partial charge on any atom is -0.390 e. The predicted octanol–water partition coefficient (Wildman–Crippen LogP) is 1.54. The fraction of sp³-hybridized carbons (Fsp3) is 0.200. The number of hydrogen-bond donors (Lipinski definition) is 2. The number of hydrogen-bond acceptors (Lipinski definition) is 6. The van der Waals surface area contributed by atoms with Gasteiger partial charge in [-0.2, -0.15) is 0 Å². The van der Waals surface area contributed by atoms with Crippen molar-refractivity contribution < 1.29 is 17.9 Å². The highest BCUT2D eigenvalue weighted by molar-refractivity contribution is 7.91. The van der Waals surface area contributed by atoms with Crippen LogP contribution < -0.4 is 5.32 Å². The van der Waals surface area contributed by atoms with Gasteiger partial charge < -0.3 is 10.4 Å². The molecule has 0 amide bonds. The summed E-state index contributed by atoms with van der Waals surface area (Å²) in [6.45, 7) is 1.38. The molecule has 0 unspecified atom stereocenters. The molecule has 1 aromatic carbocycles. The molecule has 126 valence electrons. The van der Waals surface area contributed by atoms with Crippen LogP contribution in [0, 0.1) is 12.7 Å². The number of nitrogens with one attached hydrogen (secondary N) is 1. The van der Waals surface area contributed by atoms with E-state index in [1.807, 2.05) is 0 Å². The number of sulfone groups is 1. The highest BCUT2D eigenvalue weighted by Crippen LogP contribution is 2.31. The summed E-state index contributed by atoms with van der Waals surface area (Å²) in [7, 11) is -2.52. The summed E-state index contributed by atoms with van der Waals surface area (Å²) in [5.41, 5.74) is 1.01. The van der Waals surface area contributed by atoms with Gasteiger partial charge in [-0.05, 0) is 31.2 Å². The van der Waals surface area contributed by atoms with Gasteiger partial charge in [-0.1, -0.05) is 6.07 Å². The summed E-state index contributed by atoms with van der Waals surface area (Å²) in [6, 6.07) is 6.36. The second kappa shape index (κ2) is 5.84. The second-order valence-corrected chi connectivity index (χ2v) is 7.06. The van der Waals surface area contributed by atoms with Crippen LogP contribution in [-0.4, -0.2) is 35.2 Å². The number of anilines is 1. The van der Waals surface area contributed by atoms with Crippen molar-refractivity contribution in [1.29, 1.82) is 0 Å². The molecule has 3 aromatic rings. The zero-order valence-electron chi connectivity index (χ0n) is 13.0. The predicted molar refractivity (Wildman–Crippen MR) is 85.0 cm³/mol. The number of aryl methyl sites for hydroxylation is 1. The lowest BCUT2D eigenvalue weighted by atomic mass is 10.3. The lowest BCUT2D eigenvalue weighted by Crippen LogP contribution is -2.06. The maximum absolute atomic E-state index is 13.5. The number of aliphatic hydroxyl groups is 1. The van der Waals surface area contributed by atoms with Crippen LogP contribution in [0.3, 0.4) is 0 Å². The quantitative estimate of drug-likeness (QED) is 0.741. The van der Waals surface area contributed by atoms with Crippen LogP contribution in [0.1, 0.15) is 11.4 Å². The second-order valence-electron chi connectivity index (χ2n) is 5.17. The van der Waals surface area contributed by atoms with Crippen LogP contribution in [0.25, 0.3) is 5.65 Å². The first-order valence-corrected chi connectivity index (χ1v) is 8.55. The summed E-state index contributed by atoms with van der Waals surface area (Å²) in [5.74, 6) is -0.552. The Balaban J connectivity index is 2.37. The van der Waals surface area contributed by atoms with E-state index in [4.69, 9.17) is 0 Å². The number of fused-ring (bicyclic) bond motifs is 1. The molecule has 0 radical (unpaired) electrons. The van der Waals surface area contributed by atoms with Crippen molar-refractivity contribution in [2.24, 2.45) is 0 Å². The summed E-state index contributed by atoms with van der Waals surface area (Å²) >= 11 is 0. The standard InChI is InChI=1S/C15H15FN4O3S/c1-9-6-11(8-21)18-15-13(14(17-2)19-20(9)15)24(22,23)12-5-3-4-10(16)7-12/h3-7,21H,8H2,1-2H3,(H,17,19). The van der Waals surface area contributed by atoms with Crippen LogP contribution in [0.5, 0.6) is 0 Å². The van der Waals surface area contributed by atoms with Gasteiger partial charge in [0.2, 0.25) is 9.84 Å². The van der Waals surface area contributed by atoms with E-state index in [1.54, 1.807) is 13.0 Å². The van der Waals surface area contributed by atoms with Crippen molar-refractivity contribution >= 4 is 21.3 Å². The number of aliphatic hydroxyl groups excluding tert-OH is 1. The van der Waals surface area contributed by atoms with E-state index in [2.05, 4.69) is 15.4 Å². The molecule has 0 spiro atoms. The minimum atomic E-state index is -4.06. The third-order valence-electron chi connectivity index (χ3n) is 3.55. The van der Waals surface area contributed by atoms with Gasteiger partial charge in [0, 0.05) is 12.7 Å². The van der Waals surface area contributed by atoms with Crippen LogP contribution >= 0.6 is 0 Å². The zero-order valence-corrected chi connectivity index (χ0v) is 13.8. The van der Waals surface area contributed by atoms with Crippen molar-refractivity contribution in [3.05, 3.63) is 47.5 Å². The molecule has 0 aliphatic carbocycles. The van der Waals surface area contributed by atoms with Gasteiger partial charge >= 0.3 is 0 Å². The Labute approximate surface area is 137 Å². The fourth-order valence-corrected chi connectivity index (χ4v) is 3.98. The van der Waals surface area contributed by atoms with Crippen LogP contribution in [0.4, 0.5) is 10.2 Å². The van der Waals surface area contributed by atoms with Gasteiger partial charge in [-0.15, -0.1) is 5.10 Å². The molecular weight excluding hydrogens is 335 g/mol. The third-order valence-corrected chi connectivity index (χ3v) is 5.34. The topological polar surface area (TPSA) is 96.6 Å². The third kappa shape index (κ3) is 2.51. The fourth-order valence-electron chi connectivity index (χ4n) is 2.45. The minimum absolute atomic E-state index is 0.0765. The Morgan fingerprint density at radius 1 is 1.33 bits per heavy atom. The summed E-state index contributed by atoms with van der Waals surface area (Å²) < 4.78 is 40.8. The van der Waals surface area contributed by atoms with Crippen molar-refractivity contribution in [2.45, 2.75) is 23.3 Å². The Hall–Kier alpha value is -2.52. The lowest BCUT2D eigenvalue weighted by molar-refractivity contribution is 0.277. The van der Waals surface area contributed by atoms with Crippen molar-refractivity contribution in [2.75, 3.05) is 12.4 Å². The number of nitrogens with zero attached hydrogens (tertiary/aromatic N) is 3. The Kier molecular flexibility index (Phi) is 3.98. The van der Waals surface area contributed by atoms with Gasteiger partial charge in [0.15, 0.2) is 16.4 Å². The summed E-state index contributed by atoms with van der Waals surface area (Å²) in [6.07, 6.45) is 0. The zero-order chi connectivity index (χ0) is 17.5. The van der Waals surface area contributed by atoms with E-state index in [-0.39, 0.29) is 27.9 Å². The van der Waals surface area contributed by atoms with Crippen molar-refractivity contribution in [3.63, 3.8) is 0 Å². The molecule has 0 saturated heterocycles. The van der Waals surface area contributed by atoms with Crippen molar-refractivity contribution in [1.82, 2.24) is 14.6 Å². The van der Waals surface area contributed by atoms with E-state index < -0.39 is 15.7 Å². The van der Waals surface area contributed by atoms with E-state index in [9.17, 15) is 17.9 Å². The van der Waals surface area contributed by atoms with E-state index in [0.717, 1.165) is 6.07 Å². The Morgan fingerprint density at radius 2 is 2.08 bits per heavy atom. The van der Waals surface area contributed by atoms with E-state index in [1.165, 1.54) is 29.8 Å². The van der Waals surface area contributed by atoms with Gasteiger partial charge in [0.05, 0.1) is 17.2 Å². The number of halogens is 1. The molecular formula is C15H15FN4O3S. The van der Waals surface area contributed by atoms with E-state index in [0.29, 0.717) is 11.4 Å². The average Bonchev–Trinajstić information content (AvgIpc) is 2.94. The molecule has 7 nitrogen and oxygen atoms in total. The highest BCUT2D eigenvalue weighted by Gasteiger charge is 2.29. The first kappa shape index (κ1) is 16.3. The molecule has 0 saturated carbocycles.